The number of hydrogen-bond acceptors (Lipinski definition) is 3. The summed E-state index contributed by atoms with van der Waals surface area (Å²) in [6, 6.07) is 2.97. The Labute approximate surface area is 132 Å². The number of rotatable bonds is 3. The summed E-state index contributed by atoms with van der Waals surface area (Å²) in [6.45, 7) is 5.92. The minimum Gasteiger partial charge on any atom is -0.398 e. The summed E-state index contributed by atoms with van der Waals surface area (Å²) in [5.74, 6) is 0. The maximum Gasteiger partial charge on any atom is 0.241 e. The third-order valence-corrected chi connectivity index (χ3v) is 6.28. The van der Waals surface area contributed by atoms with Crippen LogP contribution < -0.4 is 10.5 Å². The van der Waals surface area contributed by atoms with Crippen LogP contribution in [0.1, 0.15) is 45.1 Å². The SMILES string of the molecule is Cc1c(N)cc(Cl)cc1S(=O)(=O)NC1CCCCC1(C)C. The summed E-state index contributed by atoms with van der Waals surface area (Å²) in [5, 5.41) is 0.335. The van der Waals surface area contributed by atoms with Crippen LogP contribution in [0.25, 0.3) is 0 Å². The zero-order valence-electron chi connectivity index (χ0n) is 12.7. The van der Waals surface area contributed by atoms with Gasteiger partial charge in [-0.25, -0.2) is 13.1 Å². The van der Waals surface area contributed by atoms with Crippen LogP contribution in [0.15, 0.2) is 17.0 Å². The van der Waals surface area contributed by atoms with Crippen molar-refractivity contribution in [2.45, 2.75) is 57.4 Å². The van der Waals surface area contributed by atoms with Crippen LogP contribution in [0.2, 0.25) is 5.02 Å². The predicted molar refractivity (Wildman–Crippen MR) is 87.0 cm³/mol. The summed E-state index contributed by atoms with van der Waals surface area (Å²) in [7, 11) is -3.62. The van der Waals surface area contributed by atoms with Gasteiger partial charge >= 0.3 is 0 Å². The van der Waals surface area contributed by atoms with E-state index in [0.29, 0.717) is 16.3 Å². The average molecular weight is 331 g/mol. The number of nitrogen functional groups attached to an aromatic ring is 1. The zero-order chi connectivity index (χ0) is 15.8. The van der Waals surface area contributed by atoms with Crippen molar-refractivity contribution in [1.82, 2.24) is 4.72 Å². The van der Waals surface area contributed by atoms with E-state index in [4.69, 9.17) is 17.3 Å². The number of anilines is 1. The van der Waals surface area contributed by atoms with Gasteiger partial charge in [-0.1, -0.05) is 38.3 Å². The molecule has 0 aromatic heterocycles. The Morgan fingerprint density at radius 2 is 2.00 bits per heavy atom. The van der Waals surface area contributed by atoms with Gasteiger partial charge in [-0.2, -0.15) is 0 Å². The molecule has 1 aromatic carbocycles. The summed E-state index contributed by atoms with van der Waals surface area (Å²) in [6.07, 6.45) is 4.08. The molecule has 0 heterocycles. The van der Waals surface area contributed by atoms with E-state index < -0.39 is 10.0 Å². The van der Waals surface area contributed by atoms with Gasteiger partial charge in [-0.15, -0.1) is 0 Å². The molecule has 0 saturated heterocycles. The Morgan fingerprint density at radius 1 is 1.33 bits per heavy atom. The highest BCUT2D eigenvalue weighted by Crippen LogP contribution is 2.36. The fraction of sp³-hybridized carbons (Fsp3) is 0.600. The molecule has 0 bridgehead atoms. The molecule has 0 aliphatic heterocycles. The molecular weight excluding hydrogens is 308 g/mol. The summed E-state index contributed by atoms with van der Waals surface area (Å²) in [5.41, 5.74) is 6.73. The number of sulfonamides is 1. The molecule has 0 radical (unpaired) electrons. The Hall–Kier alpha value is -0.780. The van der Waals surface area contributed by atoms with E-state index in [1.807, 2.05) is 0 Å². The Bertz CT molecular complexity index is 641. The first kappa shape index (κ1) is 16.6. The third-order valence-electron chi connectivity index (χ3n) is 4.46. The fourth-order valence-corrected chi connectivity index (χ4v) is 4.95. The second-order valence-corrected chi connectivity index (χ2v) is 8.65. The van der Waals surface area contributed by atoms with E-state index in [9.17, 15) is 8.42 Å². The van der Waals surface area contributed by atoms with Crippen LogP contribution in [-0.2, 0) is 10.0 Å². The highest BCUT2D eigenvalue weighted by atomic mass is 35.5. The average Bonchev–Trinajstić information content (AvgIpc) is 2.36. The van der Waals surface area contributed by atoms with Crippen molar-refractivity contribution >= 4 is 27.3 Å². The highest BCUT2D eigenvalue weighted by Gasteiger charge is 2.35. The summed E-state index contributed by atoms with van der Waals surface area (Å²) >= 11 is 5.95. The van der Waals surface area contributed by atoms with E-state index in [0.717, 1.165) is 25.7 Å². The number of nitrogens with one attached hydrogen (secondary N) is 1. The summed E-state index contributed by atoms with van der Waals surface area (Å²) < 4.78 is 28.2. The topological polar surface area (TPSA) is 72.2 Å². The number of nitrogens with two attached hydrogens (primary N) is 1. The van der Waals surface area contributed by atoms with E-state index in [1.165, 1.54) is 6.07 Å². The van der Waals surface area contributed by atoms with E-state index >= 15 is 0 Å². The maximum atomic E-state index is 12.7. The first-order valence-corrected chi connectivity index (χ1v) is 9.07. The molecule has 0 amide bonds. The monoisotopic (exact) mass is 330 g/mol. The van der Waals surface area contributed by atoms with Crippen LogP contribution in [-0.4, -0.2) is 14.5 Å². The molecular formula is C15H23ClN2O2S. The Balaban J connectivity index is 2.35. The zero-order valence-corrected chi connectivity index (χ0v) is 14.3. The molecule has 2 rings (SSSR count). The molecule has 1 saturated carbocycles. The normalized spacial score (nSPS) is 22.2. The van der Waals surface area contributed by atoms with E-state index in [-0.39, 0.29) is 16.4 Å². The first-order chi connectivity index (χ1) is 9.63. The van der Waals surface area contributed by atoms with E-state index in [1.54, 1.807) is 13.0 Å². The molecule has 1 aliphatic rings. The lowest BCUT2D eigenvalue weighted by Crippen LogP contribution is -2.46. The predicted octanol–water partition coefficient (Wildman–Crippen LogP) is 3.48. The number of hydrogen-bond donors (Lipinski definition) is 2. The molecule has 1 fully saturated rings. The van der Waals surface area contributed by atoms with Crippen LogP contribution in [0.5, 0.6) is 0 Å². The van der Waals surface area contributed by atoms with Crippen LogP contribution in [0.4, 0.5) is 5.69 Å². The highest BCUT2D eigenvalue weighted by molar-refractivity contribution is 7.89. The van der Waals surface area contributed by atoms with Crippen molar-refractivity contribution < 1.29 is 8.42 Å². The van der Waals surface area contributed by atoms with Crippen molar-refractivity contribution in [2.75, 3.05) is 5.73 Å². The maximum absolute atomic E-state index is 12.7. The van der Waals surface area contributed by atoms with Gasteiger partial charge in [-0.05, 0) is 42.9 Å². The molecule has 1 aliphatic carbocycles. The molecule has 0 spiro atoms. The Morgan fingerprint density at radius 3 is 2.62 bits per heavy atom. The van der Waals surface area contributed by atoms with Gasteiger partial charge in [0.25, 0.3) is 0 Å². The standard InChI is InChI=1S/C15H23ClN2O2S/c1-10-12(17)8-11(16)9-13(10)21(19,20)18-14-6-4-5-7-15(14,2)3/h8-9,14,18H,4-7,17H2,1-3H3. The van der Waals surface area contributed by atoms with Crippen LogP contribution >= 0.6 is 11.6 Å². The molecule has 1 unspecified atom stereocenters. The van der Waals surface area contributed by atoms with Gasteiger partial charge in [0.05, 0.1) is 4.90 Å². The lowest BCUT2D eigenvalue weighted by molar-refractivity contribution is 0.188. The van der Waals surface area contributed by atoms with Crippen molar-refractivity contribution in [3.05, 3.63) is 22.7 Å². The lowest BCUT2D eigenvalue weighted by atomic mass is 9.74. The van der Waals surface area contributed by atoms with Gasteiger partial charge in [0.15, 0.2) is 0 Å². The van der Waals surface area contributed by atoms with Gasteiger partial charge in [0.2, 0.25) is 10.0 Å². The largest absolute Gasteiger partial charge is 0.398 e. The van der Waals surface area contributed by atoms with Gasteiger partial charge in [-0.3, -0.25) is 0 Å². The second-order valence-electron chi connectivity index (χ2n) is 6.53. The minimum atomic E-state index is -3.62. The smallest absolute Gasteiger partial charge is 0.241 e. The third kappa shape index (κ3) is 3.52. The number of benzene rings is 1. The molecule has 21 heavy (non-hydrogen) atoms. The van der Waals surface area contributed by atoms with Gasteiger partial charge in [0.1, 0.15) is 0 Å². The van der Waals surface area contributed by atoms with Crippen molar-refractivity contribution in [1.29, 1.82) is 0 Å². The fourth-order valence-electron chi connectivity index (χ4n) is 2.92. The van der Waals surface area contributed by atoms with Gasteiger partial charge < -0.3 is 5.73 Å². The second kappa shape index (κ2) is 5.78. The molecule has 118 valence electrons. The quantitative estimate of drug-likeness (QED) is 0.833. The van der Waals surface area contributed by atoms with E-state index in [2.05, 4.69) is 18.6 Å². The Kier molecular flexibility index (Phi) is 4.57. The van der Waals surface area contributed by atoms with Crippen LogP contribution in [0.3, 0.4) is 0 Å². The lowest BCUT2D eigenvalue weighted by Gasteiger charge is -2.38. The van der Waals surface area contributed by atoms with Crippen LogP contribution in [0, 0.1) is 12.3 Å². The van der Waals surface area contributed by atoms with Gasteiger partial charge in [0, 0.05) is 16.8 Å². The van der Waals surface area contributed by atoms with Crippen molar-refractivity contribution in [3.8, 4) is 0 Å². The van der Waals surface area contributed by atoms with Crippen molar-refractivity contribution in [3.63, 3.8) is 0 Å². The molecule has 3 N–H and O–H groups in total. The van der Waals surface area contributed by atoms with Crippen molar-refractivity contribution in [2.24, 2.45) is 5.41 Å². The number of halogens is 1. The molecule has 1 atom stereocenters. The first-order valence-electron chi connectivity index (χ1n) is 7.21. The molecule has 6 heteroatoms. The summed E-state index contributed by atoms with van der Waals surface area (Å²) in [4.78, 5) is 0.175. The minimum absolute atomic E-state index is 0.0383. The molecule has 4 nitrogen and oxygen atoms in total. The molecule has 1 aromatic rings.